The number of likely N-dealkylation sites (N-methyl/N-ethyl adjacent to an activating group) is 1. The van der Waals surface area contributed by atoms with E-state index in [9.17, 15) is 43.2 Å². The molecule has 20 nitrogen and oxygen atoms in total. The number of pyridine rings is 1. The van der Waals surface area contributed by atoms with Crippen LogP contribution in [0.2, 0.25) is 0 Å². The number of amides is 10. The molecule has 4 heterocycles. The van der Waals surface area contributed by atoms with Crippen LogP contribution in [0, 0.1) is 12.8 Å². The van der Waals surface area contributed by atoms with Gasteiger partial charge < -0.3 is 42.0 Å². The number of thiophene rings is 1. The minimum absolute atomic E-state index is 0.000682. The van der Waals surface area contributed by atoms with Crippen molar-refractivity contribution < 1.29 is 47.9 Å². The van der Waals surface area contributed by atoms with E-state index in [1.54, 1.807) is 73.5 Å². The molecule has 21 heteroatoms. The molecule has 2 atom stereocenters. The maximum Gasteiger partial charge on any atom is 0.410 e. The van der Waals surface area contributed by atoms with Crippen LogP contribution in [0.5, 0.6) is 0 Å². The summed E-state index contributed by atoms with van der Waals surface area (Å²) in [6.07, 6.45) is 8.36. The number of aryl methyl sites for hydroxylation is 1. The Balaban J connectivity index is 0.993. The van der Waals surface area contributed by atoms with E-state index in [1.165, 1.54) is 39.4 Å². The lowest BCUT2D eigenvalue weighted by molar-refractivity contribution is -0.137. The molecule has 0 saturated carbocycles. The molecule has 0 unspecified atom stereocenters. The molecule has 2 aromatic carbocycles. The maximum atomic E-state index is 13.7. The quantitative estimate of drug-likeness (QED) is 0.0351. The third-order valence-electron chi connectivity index (χ3n) is 12.0. The number of nitrogens with two attached hydrogens (primary N) is 1. The second-order valence-corrected chi connectivity index (χ2v) is 19.0. The summed E-state index contributed by atoms with van der Waals surface area (Å²) in [6, 6.07) is 13.5. The Morgan fingerprint density at radius 3 is 2.38 bits per heavy atom. The summed E-state index contributed by atoms with van der Waals surface area (Å²) in [6.45, 7) is 5.95. The van der Waals surface area contributed by atoms with Gasteiger partial charge in [0.2, 0.25) is 29.5 Å². The van der Waals surface area contributed by atoms with E-state index in [2.05, 4.69) is 50.6 Å². The monoisotopic (exact) mass is 1000 g/mol. The summed E-state index contributed by atoms with van der Waals surface area (Å²) >= 11 is 1.66. The van der Waals surface area contributed by atoms with Crippen LogP contribution in [0.15, 0.2) is 79.0 Å². The minimum atomic E-state index is -1.08. The van der Waals surface area contributed by atoms with Crippen molar-refractivity contribution in [2.24, 2.45) is 11.7 Å². The number of hydrogen-bond donors (Lipinski definition) is 6. The SMILES string of the molecule is Cc1c(CN(C)C(=O)/C=C/c2cnc3c(c2)CN(C(=O)OCc2ccc(NC(=O)[C@H](CCCNC(N)=O)NC(=O)[C@@H](NC(=O)CCCCCN4C(=O)C=CC4=O)C(C)C)cc2)CC(=O)N3)sc2ccccc12. The zero-order valence-electron chi connectivity index (χ0n) is 40.7. The first-order chi connectivity index (χ1) is 34.4. The Labute approximate surface area is 420 Å². The molecule has 0 radical (unpaired) electrons. The smallest absolute Gasteiger partial charge is 0.410 e. The van der Waals surface area contributed by atoms with Crippen LogP contribution in [0.3, 0.4) is 0 Å². The topological polar surface area (TPSA) is 272 Å². The van der Waals surface area contributed by atoms with Crippen LogP contribution in [-0.4, -0.2) is 112 Å². The number of primary amides is 1. The highest BCUT2D eigenvalue weighted by atomic mass is 32.1. The van der Waals surface area contributed by atoms with Gasteiger partial charge in [0.25, 0.3) is 11.8 Å². The van der Waals surface area contributed by atoms with E-state index in [-0.39, 0.29) is 87.4 Å². The number of nitrogens with zero attached hydrogens (tertiary/aromatic N) is 4. The van der Waals surface area contributed by atoms with Gasteiger partial charge in [-0.25, -0.2) is 14.6 Å². The van der Waals surface area contributed by atoms with Gasteiger partial charge in [-0.1, -0.05) is 50.6 Å². The van der Waals surface area contributed by atoms with Crippen molar-refractivity contribution in [2.45, 2.75) is 91.1 Å². The van der Waals surface area contributed by atoms with E-state index in [1.807, 2.05) is 12.1 Å². The number of fused-ring (bicyclic) bond motifs is 2. The van der Waals surface area contributed by atoms with E-state index in [0.29, 0.717) is 48.2 Å². The lowest BCUT2D eigenvalue weighted by atomic mass is 10.0. The number of carbonyl (C=O) groups excluding carboxylic acids is 9. The molecule has 380 valence electrons. The van der Waals surface area contributed by atoms with Gasteiger partial charge >= 0.3 is 12.1 Å². The fourth-order valence-corrected chi connectivity index (χ4v) is 9.18. The first-order valence-electron chi connectivity index (χ1n) is 23.6. The predicted octanol–water partition coefficient (Wildman–Crippen LogP) is 4.87. The van der Waals surface area contributed by atoms with Gasteiger partial charge in [0.15, 0.2) is 0 Å². The van der Waals surface area contributed by atoms with Gasteiger partial charge in [-0.15, -0.1) is 11.3 Å². The van der Waals surface area contributed by atoms with Crippen molar-refractivity contribution in [1.82, 2.24) is 35.6 Å². The standard InChI is InChI=1S/C51H60N10O10S/c1-31(2)46(57-41(62)14-6-5-9-24-61-44(65)21-22-45(61)66)49(68)56-38(12-10-23-53-50(52)69)48(67)55-36-18-15-33(16-19-36)30-71-51(70)60-27-35-25-34(26-54-47(35)58-42(63)29-60)17-20-43(64)59(4)28-40-32(3)37-11-7-8-13-39(37)72-40/h7-8,11,13,15-22,25-26,31,38,46H,5-6,9-10,12,14,23-24,27-30H2,1-4H3,(H,55,67)(H,56,68)(H,57,62)(H3,52,53,69)(H,54,58,63)/b20-17+/t38-,46-/m0/s1. The molecule has 72 heavy (non-hydrogen) atoms. The number of urea groups is 1. The summed E-state index contributed by atoms with van der Waals surface area (Å²) < 4.78 is 6.76. The number of ether oxygens (including phenoxy) is 1. The Bertz CT molecular complexity index is 2740. The largest absolute Gasteiger partial charge is 0.445 e. The van der Waals surface area contributed by atoms with E-state index < -0.39 is 41.9 Å². The Morgan fingerprint density at radius 1 is 0.931 bits per heavy atom. The number of nitrogens with one attached hydrogen (secondary N) is 5. The molecule has 7 N–H and O–H groups in total. The van der Waals surface area contributed by atoms with Gasteiger partial charge in [0.1, 0.15) is 31.1 Å². The van der Waals surface area contributed by atoms with E-state index in [4.69, 9.17) is 10.5 Å². The lowest BCUT2D eigenvalue weighted by Crippen LogP contribution is -2.54. The Morgan fingerprint density at radius 2 is 1.67 bits per heavy atom. The summed E-state index contributed by atoms with van der Waals surface area (Å²) in [5.41, 5.74) is 8.42. The predicted molar refractivity (Wildman–Crippen MR) is 270 cm³/mol. The van der Waals surface area contributed by atoms with Crippen LogP contribution >= 0.6 is 11.3 Å². The molecule has 6 rings (SSSR count). The van der Waals surface area contributed by atoms with E-state index in [0.717, 1.165) is 15.3 Å². The molecule has 2 aliphatic rings. The van der Waals surface area contributed by atoms with Crippen molar-refractivity contribution in [3.8, 4) is 0 Å². The number of hydrogen-bond acceptors (Lipinski definition) is 12. The fourth-order valence-electron chi connectivity index (χ4n) is 7.91. The van der Waals surface area contributed by atoms with Gasteiger partial charge in [0.05, 0.1) is 13.1 Å². The van der Waals surface area contributed by atoms with Crippen molar-refractivity contribution in [3.63, 3.8) is 0 Å². The average Bonchev–Trinajstić information content (AvgIpc) is 3.77. The Hall–Kier alpha value is -7.94. The molecule has 0 fully saturated rings. The fraction of sp³-hybridized carbons (Fsp3) is 0.373. The molecule has 0 bridgehead atoms. The molecule has 0 aliphatic carbocycles. The first-order valence-corrected chi connectivity index (χ1v) is 24.4. The molecule has 0 saturated heterocycles. The normalized spacial score (nSPS) is 14.2. The zero-order chi connectivity index (χ0) is 51.9. The summed E-state index contributed by atoms with van der Waals surface area (Å²) in [5.74, 6) is -2.98. The number of anilines is 2. The molecule has 4 aromatic rings. The maximum absolute atomic E-state index is 13.7. The van der Waals surface area contributed by atoms with Gasteiger partial charge in [-0.2, -0.15) is 0 Å². The number of unbranched alkanes of at least 4 members (excludes halogenated alkanes) is 2. The second kappa shape index (κ2) is 25.3. The molecular formula is C51H60N10O10S. The molecular weight excluding hydrogens is 945 g/mol. The second-order valence-electron chi connectivity index (χ2n) is 17.9. The molecule has 2 aliphatic heterocycles. The van der Waals surface area contributed by atoms with Crippen molar-refractivity contribution >= 4 is 92.5 Å². The summed E-state index contributed by atoms with van der Waals surface area (Å²) in [5, 5.41) is 14.6. The molecule has 0 spiro atoms. The minimum Gasteiger partial charge on any atom is -0.445 e. The highest BCUT2D eigenvalue weighted by Gasteiger charge is 2.30. The lowest BCUT2D eigenvalue weighted by Gasteiger charge is -2.25. The Kier molecular flexibility index (Phi) is 18.7. The number of aromatic nitrogens is 1. The van der Waals surface area contributed by atoms with Crippen molar-refractivity contribution in [3.05, 3.63) is 106 Å². The van der Waals surface area contributed by atoms with Crippen LogP contribution in [-0.2, 0) is 58.0 Å². The first kappa shape index (κ1) is 53.4. The van der Waals surface area contributed by atoms with Crippen molar-refractivity contribution in [2.75, 3.05) is 37.3 Å². The van der Waals surface area contributed by atoms with Crippen molar-refractivity contribution in [1.29, 1.82) is 0 Å². The number of benzene rings is 2. The van der Waals surface area contributed by atoms with Crippen LogP contribution in [0.4, 0.5) is 21.1 Å². The van der Waals surface area contributed by atoms with Gasteiger partial charge in [0, 0.05) is 71.8 Å². The number of rotatable bonds is 22. The van der Waals surface area contributed by atoms with Crippen LogP contribution in [0.25, 0.3) is 16.2 Å². The third-order valence-corrected chi connectivity index (χ3v) is 13.2. The summed E-state index contributed by atoms with van der Waals surface area (Å²) in [7, 11) is 1.74. The average molecular weight is 1010 g/mol. The summed E-state index contributed by atoms with van der Waals surface area (Å²) in [4.78, 5) is 124. The molecule has 10 amide bonds. The van der Waals surface area contributed by atoms with Gasteiger partial charge in [-0.05, 0) is 90.9 Å². The van der Waals surface area contributed by atoms with E-state index >= 15 is 0 Å². The zero-order valence-corrected chi connectivity index (χ0v) is 41.5. The van der Waals surface area contributed by atoms with Crippen LogP contribution in [0.1, 0.15) is 79.5 Å². The highest BCUT2D eigenvalue weighted by molar-refractivity contribution is 7.19. The van der Waals surface area contributed by atoms with Crippen LogP contribution < -0.4 is 32.3 Å². The number of carbonyl (C=O) groups is 9. The third kappa shape index (κ3) is 15.0. The number of imide groups is 1. The molecule has 2 aromatic heterocycles. The van der Waals surface area contributed by atoms with Gasteiger partial charge in [-0.3, -0.25) is 43.4 Å². The highest BCUT2D eigenvalue weighted by Crippen LogP contribution is 2.31.